The van der Waals surface area contributed by atoms with Crippen LogP contribution in [-0.4, -0.2) is 18.2 Å². The Hall–Kier alpha value is -2.46. The highest BCUT2D eigenvalue weighted by atomic mass is 35.5. The van der Waals surface area contributed by atoms with Gasteiger partial charge in [0.2, 0.25) is 0 Å². The molecule has 0 atom stereocenters. The second kappa shape index (κ2) is 6.57. The number of benzene rings is 2. The third-order valence-electron chi connectivity index (χ3n) is 3.91. The summed E-state index contributed by atoms with van der Waals surface area (Å²) in [5.74, 6) is 1.58. The van der Waals surface area contributed by atoms with Crippen molar-refractivity contribution in [3.05, 3.63) is 53.7 Å². The number of nitrogens with zero attached hydrogens (tertiary/aromatic N) is 1. The fraction of sp³-hybridized carbons (Fsp3) is 0.211. The van der Waals surface area contributed by atoms with Crippen LogP contribution in [-0.2, 0) is 0 Å². The average molecular weight is 342 g/mol. The van der Waals surface area contributed by atoms with Crippen molar-refractivity contribution in [1.82, 2.24) is 4.98 Å². The predicted octanol–water partition coefficient (Wildman–Crippen LogP) is 1.37. The fourth-order valence-electron chi connectivity index (χ4n) is 2.85. The molecule has 0 fully saturated rings. The molecule has 3 aromatic rings. The Morgan fingerprint density at radius 1 is 0.917 bits per heavy atom. The van der Waals surface area contributed by atoms with E-state index < -0.39 is 0 Å². The van der Waals surface area contributed by atoms with E-state index in [4.69, 9.17) is 9.47 Å². The van der Waals surface area contributed by atoms with E-state index in [0.717, 1.165) is 39.5 Å². The topological polar surface area (TPSA) is 43.4 Å². The monoisotopic (exact) mass is 341 g/mol. The molecule has 0 radical (unpaired) electrons. The minimum Gasteiger partial charge on any atom is -1.00 e. The number of fused-ring (bicyclic) bond motifs is 2. The Morgan fingerprint density at radius 3 is 2.54 bits per heavy atom. The standard InChI is InChI=1S/C19H18N2O2.ClH/c1-12-3-5-16-15(9-12)17(10-13(2)20-16)21-14-4-6-18-19(11-14)23-8-7-22-18;/h3-6,9-11H,7-8H2,1-2H3,(H,20,21);1H/p-1. The van der Waals surface area contributed by atoms with Crippen molar-refractivity contribution >= 4 is 22.3 Å². The number of hydrogen-bond donors (Lipinski definition) is 1. The summed E-state index contributed by atoms with van der Waals surface area (Å²) in [5.41, 5.74) is 5.22. The van der Waals surface area contributed by atoms with Gasteiger partial charge in [-0.1, -0.05) is 11.6 Å². The van der Waals surface area contributed by atoms with Gasteiger partial charge in [0.15, 0.2) is 11.5 Å². The molecule has 2 heterocycles. The van der Waals surface area contributed by atoms with Gasteiger partial charge in [0, 0.05) is 28.5 Å². The summed E-state index contributed by atoms with van der Waals surface area (Å²) in [6.07, 6.45) is 0. The fourth-order valence-corrected chi connectivity index (χ4v) is 2.85. The molecule has 4 rings (SSSR count). The van der Waals surface area contributed by atoms with Crippen LogP contribution in [0.3, 0.4) is 0 Å². The maximum atomic E-state index is 5.65. The van der Waals surface area contributed by atoms with Gasteiger partial charge in [0.1, 0.15) is 13.2 Å². The highest BCUT2D eigenvalue weighted by molar-refractivity contribution is 5.93. The lowest BCUT2D eigenvalue weighted by atomic mass is 10.1. The lowest BCUT2D eigenvalue weighted by Crippen LogP contribution is -3.00. The Balaban J connectivity index is 0.00000169. The molecule has 4 nitrogen and oxygen atoms in total. The van der Waals surface area contributed by atoms with Crippen molar-refractivity contribution in [3.63, 3.8) is 0 Å². The van der Waals surface area contributed by atoms with Crippen LogP contribution < -0.4 is 27.2 Å². The molecule has 5 heteroatoms. The molecule has 1 aliphatic rings. The van der Waals surface area contributed by atoms with Gasteiger partial charge in [0.05, 0.1) is 5.52 Å². The number of aryl methyl sites for hydroxylation is 2. The number of nitrogens with one attached hydrogen (secondary N) is 1. The number of hydrogen-bond acceptors (Lipinski definition) is 4. The summed E-state index contributed by atoms with van der Waals surface area (Å²) < 4.78 is 11.2. The quantitative estimate of drug-likeness (QED) is 0.764. The van der Waals surface area contributed by atoms with Crippen LogP contribution in [0.1, 0.15) is 11.3 Å². The first-order valence-corrected chi connectivity index (χ1v) is 7.74. The lowest BCUT2D eigenvalue weighted by Gasteiger charge is -2.19. The summed E-state index contributed by atoms with van der Waals surface area (Å²) in [5, 5.41) is 4.61. The smallest absolute Gasteiger partial charge is 0.163 e. The number of ether oxygens (including phenoxy) is 2. The van der Waals surface area contributed by atoms with Crippen LogP contribution in [0.4, 0.5) is 11.4 Å². The zero-order valence-electron chi connectivity index (χ0n) is 13.6. The van der Waals surface area contributed by atoms with Crippen molar-refractivity contribution < 1.29 is 21.9 Å². The van der Waals surface area contributed by atoms with Gasteiger partial charge in [-0.15, -0.1) is 0 Å². The summed E-state index contributed by atoms with van der Waals surface area (Å²) >= 11 is 0. The second-order valence-corrected chi connectivity index (χ2v) is 5.82. The molecule has 124 valence electrons. The van der Waals surface area contributed by atoms with E-state index in [1.54, 1.807) is 0 Å². The Bertz CT molecular complexity index is 896. The van der Waals surface area contributed by atoms with Crippen LogP contribution in [0.2, 0.25) is 0 Å². The number of rotatable bonds is 2. The van der Waals surface area contributed by atoms with Crippen molar-refractivity contribution in [3.8, 4) is 11.5 Å². The minimum absolute atomic E-state index is 0. The van der Waals surface area contributed by atoms with E-state index in [9.17, 15) is 0 Å². The number of halogens is 1. The van der Waals surface area contributed by atoms with Gasteiger partial charge in [0.25, 0.3) is 0 Å². The maximum Gasteiger partial charge on any atom is 0.163 e. The molecule has 24 heavy (non-hydrogen) atoms. The Labute approximate surface area is 147 Å². The summed E-state index contributed by atoms with van der Waals surface area (Å²) in [6, 6.07) is 14.3. The normalized spacial score (nSPS) is 12.6. The van der Waals surface area contributed by atoms with Crippen molar-refractivity contribution in [2.24, 2.45) is 0 Å². The molecule has 0 aliphatic carbocycles. The molecule has 0 unspecified atom stereocenters. The molecule has 0 saturated carbocycles. The van der Waals surface area contributed by atoms with E-state index in [0.29, 0.717) is 13.2 Å². The zero-order chi connectivity index (χ0) is 15.8. The Kier molecular flexibility index (Phi) is 4.49. The molecule has 2 aromatic carbocycles. The van der Waals surface area contributed by atoms with Crippen molar-refractivity contribution in [1.29, 1.82) is 0 Å². The maximum absolute atomic E-state index is 5.65. The molecule has 0 spiro atoms. The van der Waals surface area contributed by atoms with Gasteiger partial charge in [-0.05, 0) is 44.2 Å². The molecule has 0 saturated heterocycles. The molecule has 1 N–H and O–H groups in total. The predicted molar refractivity (Wildman–Crippen MR) is 91.9 cm³/mol. The lowest BCUT2D eigenvalue weighted by molar-refractivity contribution is -0.00000535. The first-order chi connectivity index (χ1) is 11.2. The van der Waals surface area contributed by atoms with Crippen LogP contribution in [0.5, 0.6) is 11.5 Å². The molecular formula is C19H18ClN2O2-. The SMILES string of the molecule is Cc1ccc2nc(C)cc(Nc3ccc4c(c3)OCCO4)c2c1.[Cl-]. The molecule has 1 aliphatic heterocycles. The highest BCUT2D eigenvalue weighted by Crippen LogP contribution is 2.35. The van der Waals surface area contributed by atoms with Crippen LogP contribution in [0.15, 0.2) is 42.5 Å². The van der Waals surface area contributed by atoms with Gasteiger partial charge in [-0.25, -0.2) is 0 Å². The third-order valence-corrected chi connectivity index (χ3v) is 3.91. The molecule has 0 bridgehead atoms. The van der Waals surface area contributed by atoms with E-state index >= 15 is 0 Å². The van der Waals surface area contributed by atoms with E-state index in [2.05, 4.69) is 41.5 Å². The van der Waals surface area contributed by atoms with Gasteiger partial charge in [-0.3, -0.25) is 4.98 Å². The van der Waals surface area contributed by atoms with Crippen LogP contribution in [0, 0.1) is 13.8 Å². The second-order valence-electron chi connectivity index (χ2n) is 5.82. The zero-order valence-corrected chi connectivity index (χ0v) is 14.4. The van der Waals surface area contributed by atoms with Crippen LogP contribution in [0.25, 0.3) is 10.9 Å². The van der Waals surface area contributed by atoms with Gasteiger partial charge in [-0.2, -0.15) is 0 Å². The Morgan fingerprint density at radius 2 is 1.71 bits per heavy atom. The van der Waals surface area contributed by atoms with Crippen LogP contribution >= 0.6 is 0 Å². The van der Waals surface area contributed by atoms with E-state index in [-0.39, 0.29) is 12.4 Å². The average Bonchev–Trinajstić information content (AvgIpc) is 2.55. The number of pyridine rings is 1. The largest absolute Gasteiger partial charge is 1.00 e. The summed E-state index contributed by atoms with van der Waals surface area (Å²) in [7, 11) is 0. The molecular weight excluding hydrogens is 324 g/mol. The number of aromatic nitrogens is 1. The third kappa shape index (κ3) is 3.10. The van der Waals surface area contributed by atoms with Gasteiger partial charge >= 0.3 is 0 Å². The summed E-state index contributed by atoms with van der Waals surface area (Å²) in [6.45, 7) is 5.29. The first kappa shape index (κ1) is 16.4. The van der Waals surface area contributed by atoms with E-state index in [1.165, 1.54) is 5.56 Å². The van der Waals surface area contributed by atoms with Gasteiger partial charge < -0.3 is 27.2 Å². The first-order valence-electron chi connectivity index (χ1n) is 7.74. The van der Waals surface area contributed by atoms with E-state index in [1.807, 2.05) is 25.1 Å². The molecule has 1 aromatic heterocycles. The number of anilines is 2. The van der Waals surface area contributed by atoms with Crippen molar-refractivity contribution in [2.45, 2.75) is 13.8 Å². The minimum atomic E-state index is 0. The summed E-state index contributed by atoms with van der Waals surface area (Å²) in [4.78, 5) is 4.60. The highest BCUT2D eigenvalue weighted by Gasteiger charge is 2.12. The van der Waals surface area contributed by atoms with Crippen molar-refractivity contribution in [2.75, 3.05) is 18.5 Å². The molecule has 0 amide bonds.